The zero-order valence-electron chi connectivity index (χ0n) is 17.9. The molecule has 0 radical (unpaired) electrons. The number of nitrogens with zero attached hydrogens (tertiary/aromatic N) is 2. The molecule has 1 aliphatic heterocycles. The second kappa shape index (κ2) is 12.4. The maximum Gasteiger partial charge on any atom is 0.169 e. The standard InChI is InChI=1S/C23H37N3O2S/c1-27-22-11-9-20(10-12-22)19-26(14-13-25-15-17-28-18-16-25)23(29)24-21-7-5-3-2-4-6-8-21/h9-12,21H,2-8,13-19H2,1H3,(H,24,29). The monoisotopic (exact) mass is 419 g/mol. The van der Waals surface area contributed by atoms with Crippen LogP contribution in [0.5, 0.6) is 5.75 Å². The maximum absolute atomic E-state index is 5.90. The highest BCUT2D eigenvalue weighted by molar-refractivity contribution is 7.80. The minimum Gasteiger partial charge on any atom is -0.497 e. The van der Waals surface area contributed by atoms with Crippen molar-refractivity contribution in [2.75, 3.05) is 46.5 Å². The minimum absolute atomic E-state index is 0.518. The molecule has 1 saturated carbocycles. The Hall–Kier alpha value is -1.37. The van der Waals surface area contributed by atoms with Gasteiger partial charge in [0, 0.05) is 38.8 Å². The Morgan fingerprint density at radius 1 is 1.10 bits per heavy atom. The first kappa shape index (κ1) is 22.3. The van der Waals surface area contributed by atoms with Crippen molar-refractivity contribution in [3.05, 3.63) is 29.8 Å². The molecule has 1 aromatic rings. The molecule has 0 atom stereocenters. The van der Waals surface area contributed by atoms with Crippen molar-refractivity contribution in [2.24, 2.45) is 0 Å². The van der Waals surface area contributed by atoms with E-state index in [0.717, 1.165) is 56.8 Å². The Kier molecular flexibility index (Phi) is 9.51. The summed E-state index contributed by atoms with van der Waals surface area (Å²) in [5.74, 6) is 0.892. The summed E-state index contributed by atoms with van der Waals surface area (Å²) in [6, 6.07) is 8.85. The van der Waals surface area contributed by atoms with Crippen LogP contribution in [0.1, 0.15) is 50.5 Å². The molecule has 1 heterocycles. The Balaban J connectivity index is 1.60. The smallest absolute Gasteiger partial charge is 0.169 e. The molecule has 6 heteroatoms. The molecule has 0 spiro atoms. The van der Waals surface area contributed by atoms with Gasteiger partial charge < -0.3 is 19.7 Å². The zero-order valence-corrected chi connectivity index (χ0v) is 18.7. The van der Waals surface area contributed by atoms with E-state index in [1.165, 1.54) is 50.5 Å². The second-order valence-corrected chi connectivity index (χ2v) is 8.60. The molecule has 162 valence electrons. The van der Waals surface area contributed by atoms with Crippen LogP contribution >= 0.6 is 12.2 Å². The fourth-order valence-electron chi connectivity index (χ4n) is 4.16. The fourth-order valence-corrected chi connectivity index (χ4v) is 4.48. The number of nitrogens with one attached hydrogen (secondary N) is 1. The lowest BCUT2D eigenvalue weighted by Gasteiger charge is -2.33. The minimum atomic E-state index is 0.518. The van der Waals surface area contributed by atoms with Gasteiger partial charge in [0.1, 0.15) is 5.75 Å². The highest BCUT2D eigenvalue weighted by Crippen LogP contribution is 2.18. The normalized spacial score (nSPS) is 19.2. The summed E-state index contributed by atoms with van der Waals surface area (Å²) < 4.78 is 10.8. The first-order valence-corrected chi connectivity index (χ1v) is 11.6. The molecule has 0 bridgehead atoms. The van der Waals surface area contributed by atoms with E-state index in [-0.39, 0.29) is 0 Å². The van der Waals surface area contributed by atoms with Gasteiger partial charge >= 0.3 is 0 Å². The van der Waals surface area contributed by atoms with Crippen LogP contribution in [0.25, 0.3) is 0 Å². The van der Waals surface area contributed by atoms with Crippen molar-refractivity contribution in [2.45, 2.75) is 57.5 Å². The fraction of sp³-hybridized carbons (Fsp3) is 0.696. The average molecular weight is 420 g/mol. The van der Waals surface area contributed by atoms with E-state index >= 15 is 0 Å². The molecule has 3 rings (SSSR count). The number of hydrogen-bond acceptors (Lipinski definition) is 4. The summed E-state index contributed by atoms with van der Waals surface area (Å²) in [5.41, 5.74) is 1.26. The highest BCUT2D eigenvalue weighted by atomic mass is 32.1. The molecule has 29 heavy (non-hydrogen) atoms. The Bertz CT molecular complexity index is 597. The van der Waals surface area contributed by atoms with E-state index < -0.39 is 0 Å². The summed E-state index contributed by atoms with van der Waals surface area (Å²) in [7, 11) is 1.71. The summed E-state index contributed by atoms with van der Waals surface area (Å²) in [6.45, 7) is 6.48. The van der Waals surface area contributed by atoms with E-state index in [9.17, 15) is 0 Å². The van der Waals surface area contributed by atoms with Crippen molar-refractivity contribution in [1.29, 1.82) is 0 Å². The molecule has 1 aromatic carbocycles. The van der Waals surface area contributed by atoms with Crippen LogP contribution in [-0.4, -0.2) is 67.5 Å². The van der Waals surface area contributed by atoms with Crippen LogP contribution in [0.4, 0.5) is 0 Å². The van der Waals surface area contributed by atoms with E-state index in [1.807, 2.05) is 12.1 Å². The predicted octanol–water partition coefficient (Wildman–Crippen LogP) is 3.82. The lowest BCUT2D eigenvalue weighted by Crippen LogP contribution is -2.48. The molecule has 2 aliphatic rings. The van der Waals surface area contributed by atoms with Gasteiger partial charge in [-0.2, -0.15) is 0 Å². The molecular formula is C23H37N3O2S. The van der Waals surface area contributed by atoms with Gasteiger partial charge in [0.05, 0.1) is 20.3 Å². The van der Waals surface area contributed by atoms with Gasteiger partial charge in [-0.1, -0.05) is 44.2 Å². The van der Waals surface area contributed by atoms with Crippen molar-refractivity contribution >= 4 is 17.3 Å². The third-order valence-electron chi connectivity index (χ3n) is 6.04. The summed E-state index contributed by atoms with van der Waals surface area (Å²) in [6.07, 6.45) is 9.20. The molecule has 0 unspecified atom stereocenters. The molecular weight excluding hydrogens is 382 g/mol. The number of methoxy groups -OCH3 is 1. The molecule has 5 nitrogen and oxygen atoms in total. The van der Waals surface area contributed by atoms with Gasteiger partial charge in [-0.05, 0) is 42.8 Å². The van der Waals surface area contributed by atoms with Crippen LogP contribution in [0.3, 0.4) is 0 Å². The topological polar surface area (TPSA) is 37.0 Å². The third-order valence-corrected chi connectivity index (χ3v) is 6.42. The summed E-state index contributed by atoms with van der Waals surface area (Å²) >= 11 is 5.90. The number of thiocarbonyl (C=S) groups is 1. The van der Waals surface area contributed by atoms with Gasteiger partial charge in [-0.25, -0.2) is 0 Å². The lowest BCUT2D eigenvalue weighted by atomic mass is 9.97. The maximum atomic E-state index is 5.90. The molecule has 1 aliphatic carbocycles. The van der Waals surface area contributed by atoms with Gasteiger partial charge in [0.25, 0.3) is 0 Å². The van der Waals surface area contributed by atoms with Crippen LogP contribution < -0.4 is 10.1 Å². The van der Waals surface area contributed by atoms with Crippen LogP contribution in [0.15, 0.2) is 24.3 Å². The molecule has 2 fully saturated rings. The van der Waals surface area contributed by atoms with Crippen LogP contribution in [0, 0.1) is 0 Å². The largest absolute Gasteiger partial charge is 0.497 e. The quantitative estimate of drug-likeness (QED) is 0.677. The first-order chi connectivity index (χ1) is 14.2. The Morgan fingerprint density at radius 3 is 2.41 bits per heavy atom. The van der Waals surface area contributed by atoms with Gasteiger partial charge in [0.2, 0.25) is 0 Å². The first-order valence-electron chi connectivity index (χ1n) is 11.2. The van der Waals surface area contributed by atoms with E-state index in [2.05, 4.69) is 27.2 Å². The van der Waals surface area contributed by atoms with Gasteiger partial charge in [-0.3, -0.25) is 4.90 Å². The number of rotatable bonds is 7. The summed E-state index contributed by atoms with van der Waals surface area (Å²) in [4.78, 5) is 4.81. The lowest BCUT2D eigenvalue weighted by molar-refractivity contribution is 0.0357. The van der Waals surface area contributed by atoms with Gasteiger partial charge in [0.15, 0.2) is 5.11 Å². The summed E-state index contributed by atoms with van der Waals surface area (Å²) in [5, 5.41) is 4.61. The zero-order chi connectivity index (χ0) is 20.3. The average Bonchev–Trinajstić information content (AvgIpc) is 2.74. The van der Waals surface area contributed by atoms with E-state index in [1.54, 1.807) is 7.11 Å². The van der Waals surface area contributed by atoms with Crippen molar-refractivity contribution in [3.63, 3.8) is 0 Å². The SMILES string of the molecule is COc1ccc(CN(CCN2CCOCC2)C(=S)NC2CCCCCCC2)cc1. The van der Waals surface area contributed by atoms with Gasteiger partial charge in [-0.15, -0.1) is 0 Å². The van der Waals surface area contributed by atoms with Crippen LogP contribution in [-0.2, 0) is 11.3 Å². The molecule has 0 aromatic heterocycles. The molecule has 1 saturated heterocycles. The second-order valence-electron chi connectivity index (χ2n) is 8.22. The van der Waals surface area contributed by atoms with E-state index in [4.69, 9.17) is 21.7 Å². The third kappa shape index (κ3) is 7.76. The van der Waals surface area contributed by atoms with Crippen molar-refractivity contribution < 1.29 is 9.47 Å². The molecule has 0 amide bonds. The number of morpholine rings is 1. The Labute approximate surface area is 181 Å². The van der Waals surface area contributed by atoms with Crippen molar-refractivity contribution in [1.82, 2.24) is 15.1 Å². The van der Waals surface area contributed by atoms with Crippen LogP contribution in [0.2, 0.25) is 0 Å². The number of ether oxygens (including phenoxy) is 2. The highest BCUT2D eigenvalue weighted by Gasteiger charge is 2.18. The number of hydrogen-bond donors (Lipinski definition) is 1. The van der Waals surface area contributed by atoms with E-state index in [0.29, 0.717) is 6.04 Å². The van der Waals surface area contributed by atoms with Crippen molar-refractivity contribution in [3.8, 4) is 5.75 Å². The predicted molar refractivity (Wildman–Crippen MR) is 123 cm³/mol. The molecule has 1 N–H and O–H groups in total. The number of benzene rings is 1. The Morgan fingerprint density at radius 2 is 1.76 bits per heavy atom.